The number of nitrogens with zero attached hydrogens (tertiary/aromatic N) is 1. The average Bonchev–Trinajstić information content (AvgIpc) is 2.53. The predicted octanol–water partition coefficient (Wildman–Crippen LogP) is 2.46. The van der Waals surface area contributed by atoms with E-state index < -0.39 is 0 Å². The van der Waals surface area contributed by atoms with Crippen LogP contribution in [0.1, 0.15) is 15.9 Å². The molecular weight excluding hydrogens is 283 g/mol. The Morgan fingerprint density at radius 3 is 2.64 bits per heavy atom. The standard InChI is InChI=1S/C17H15FN2O2/c18-13-5-7-14(8-6-13)19-16(21)11-20-10-9-12-3-1-2-4-15(12)17(20)22/h1-8H,9-11H2,(H,19,21). The van der Waals surface area contributed by atoms with Gasteiger partial charge in [0.1, 0.15) is 12.4 Å². The van der Waals surface area contributed by atoms with E-state index in [1.807, 2.05) is 18.2 Å². The monoisotopic (exact) mass is 298 g/mol. The molecule has 3 rings (SSSR count). The van der Waals surface area contributed by atoms with Gasteiger partial charge in [-0.2, -0.15) is 0 Å². The van der Waals surface area contributed by atoms with Crippen LogP contribution in [-0.2, 0) is 11.2 Å². The number of nitrogens with one attached hydrogen (secondary N) is 1. The molecule has 1 N–H and O–H groups in total. The summed E-state index contributed by atoms with van der Waals surface area (Å²) in [6.45, 7) is 0.511. The molecule has 0 saturated heterocycles. The van der Waals surface area contributed by atoms with E-state index in [-0.39, 0.29) is 24.2 Å². The van der Waals surface area contributed by atoms with Crippen molar-refractivity contribution in [3.05, 3.63) is 65.5 Å². The molecule has 0 aliphatic carbocycles. The van der Waals surface area contributed by atoms with Crippen molar-refractivity contribution in [1.82, 2.24) is 4.90 Å². The highest BCUT2D eigenvalue weighted by Crippen LogP contribution is 2.18. The number of carbonyl (C=O) groups is 2. The van der Waals surface area contributed by atoms with Gasteiger partial charge < -0.3 is 10.2 Å². The minimum atomic E-state index is -0.360. The molecule has 22 heavy (non-hydrogen) atoms. The lowest BCUT2D eigenvalue weighted by molar-refractivity contribution is -0.116. The zero-order valence-electron chi connectivity index (χ0n) is 11.9. The maximum atomic E-state index is 12.8. The van der Waals surface area contributed by atoms with Gasteiger partial charge in [-0.15, -0.1) is 0 Å². The molecule has 0 fully saturated rings. The zero-order chi connectivity index (χ0) is 15.5. The second-order valence-corrected chi connectivity index (χ2v) is 5.19. The number of carbonyl (C=O) groups excluding carboxylic acids is 2. The Labute approximate surface area is 127 Å². The quantitative estimate of drug-likeness (QED) is 0.946. The minimum Gasteiger partial charge on any atom is -0.329 e. The molecule has 4 nitrogen and oxygen atoms in total. The number of hydrogen-bond donors (Lipinski definition) is 1. The SMILES string of the molecule is O=C(CN1CCc2ccccc2C1=O)Nc1ccc(F)cc1. The fourth-order valence-corrected chi connectivity index (χ4v) is 2.53. The molecule has 1 aliphatic rings. The molecule has 5 heteroatoms. The Hall–Kier alpha value is -2.69. The third kappa shape index (κ3) is 2.98. The van der Waals surface area contributed by atoms with E-state index in [2.05, 4.69) is 5.32 Å². The molecule has 0 bridgehead atoms. The Balaban J connectivity index is 1.65. The lowest BCUT2D eigenvalue weighted by Crippen LogP contribution is -2.42. The first-order valence-corrected chi connectivity index (χ1v) is 7.06. The topological polar surface area (TPSA) is 49.4 Å². The summed E-state index contributed by atoms with van der Waals surface area (Å²) in [5.74, 6) is -0.781. The van der Waals surface area contributed by atoms with E-state index in [0.29, 0.717) is 17.8 Å². The number of rotatable bonds is 3. The maximum Gasteiger partial charge on any atom is 0.254 e. The fraction of sp³-hybridized carbons (Fsp3) is 0.176. The second kappa shape index (κ2) is 5.97. The molecular formula is C17H15FN2O2. The highest BCUT2D eigenvalue weighted by atomic mass is 19.1. The summed E-state index contributed by atoms with van der Waals surface area (Å²) in [7, 11) is 0. The molecule has 0 spiro atoms. The van der Waals surface area contributed by atoms with Crippen LogP contribution in [0, 0.1) is 5.82 Å². The number of amides is 2. The van der Waals surface area contributed by atoms with Gasteiger partial charge in [0.05, 0.1) is 0 Å². The van der Waals surface area contributed by atoms with Gasteiger partial charge in [-0.1, -0.05) is 18.2 Å². The summed E-state index contributed by atoms with van der Waals surface area (Å²) in [5, 5.41) is 2.66. The van der Waals surface area contributed by atoms with E-state index in [1.165, 1.54) is 29.2 Å². The summed E-state index contributed by atoms with van der Waals surface area (Å²) in [4.78, 5) is 25.9. The predicted molar refractivity (Wildman–Crippen MR) is 81.1 cm³/mol. The maximum absolute atomic E-state index is 12.8. The van der Waals surface area contributed by atoms with Crippen molar-refractivity contribution in [1.29, 1.82) is 0 Å². The minimum absolute atomic E-state index is 0.00938. The van der Waals surface area contributed by atoms with Crippen LogP contribution in [0.2, 0.25) is 0 Å². The van der Waals surface area contributed by atoms with Crippen molar-refractivity contribution in [2.24, 2.45) is 0 Å². The normalized spacial score (nSPS) is 13.7. The second-order valence-electron chi connectivity index (χ2n) is 5.19. The van der Waals surface area contributed by atoms with Crippen molar-refractivity contribution in [3.8, 4) is 0 Å². The molecule has 0 radical (unpaired) electrons. The third-order valence-electron chi connectivity index (χ3n) is 3.65. The van der Waals surface area contributed by atoms with Gasteiger partial charge in [0, 0.05) is 17.8 Å². The van der Waals surface area contributed by atoms with Crippen LogP contribution < -0.4 is 5.32 Å². The van der Waals surface area contributed by atoms with Crippen molar-refractivity contribution in [2.45, 2.75) is 6.42 Å². The summed E-state index contributed by atoms with van der Waals surface area (Å²) >= 11 is 0. The van der Waals surface area contributed by atoms with Crippen LogP contribution in [0.5, 0.6) is 0 Å². The highest BCUT2D eigenvalue weighted by molar-refractivity contribution is 6.00. The van der Waals surface area contributed by atoms with Gasteiger partial charge in [0.15, 0.2) is 0 Å². The fourth-order valence-electron chi connectivity index (χ4n) is 2.53. The first kappa shape index (κ1) is 14.3. The van der Waals surface area contributed by atoms with Gasteiger partial charge in [-0.25, -0.2) is 4.39 Å². The molecule has 2 aromatic rings. The third-order valence-corrected chi connectivity index (χ3v) is 3.65. The van der Waals surface area contributed by atoms with Crippen molar-refractivity contribution < 1.29 is 14.0 Å². The Morgan fingerprint density at radius 1 is 1.14 bits per heavy atom. The number of benzene rings is 2. The Kier molecular flexibility index (Phi) is 3.87. The van der Waals surface area contributed by atoms with Crippen LogP contribution in [0.15, 0.2) is 48.5 Å². The molecule has 1 heterocycles. The van der Waals surface area contributed by atoms with Crippen LogP contribution >= 0.6 is 0 Å². The number of hydrogen-bond acceptors (Lipinski definition) is 2. The van der Waals surface area contributed by atoms with Gasteiger partial charge >= 0.3 is 0 Å². The van der Waals surface area contributed by atoms with Crippen LogP contribution in [0.4, 0.5) is 10.1 Å². The largest absolute Gasteiger partial charge is 0.329 e. The first-order valence-electron chi connectivity index (χ1n) is 7.06. The van der Waals surface area contributed by atoms with Crippen molar-refractivity contribution in [2.75, 3.05) is 18.4 Å². The summed E-state index contributed by atoms with van der Waals surface area (Å²) in [5.41, 5.74) is 2.18. The summed E-state index contributed by atoms with van der Waals surface area (Å²) in [6, 6.07) is 13.0. The Morgan fingerprint density at radius 2 is 1.86 bits per heavy atom. The van der Waals surface area contributed by atoms with Crippen LogP contribution in [0.3, 0.4) is 0 Å². The molecule has 0 unspecified atom stereocenters. The highest BCUT2D eigenvalue weighted by Gasteiger charge is 2.25. The first-order chi connectivity index (χ1) is 10.6. The molecule has 1 aliphatic heterocycles. The molecule has 112 valence electrons. The molecule has 2 aromatic carbocycles. The lowest BCUT2D eigenvalue weighted by atomic mass is 9.99. The van der Waals surface area contributed by atoms with Crippen molar-refractivity contribution >= 4 is 17.5 Å². The molecule has 2 amide bonds. The summed E-state index contributed by atoms with van der Waals surface area (Å²) < 4.78 is 12.8. The molecule has 0 saturated carbocycles. The number of fused-ring (bicyclic) bond motifs is 1. The van der Waals surface area contributed by atoms with Crippen LogP contribution in [-0.4, -0.2) is 29.8 Å². The van der Waals surface area contributed by atoms with Gasteiger partial charge in [-0.05, 0) is 42.3 Å². The average molecular weight is 298 g/mol. The van der Waals surface area contributed by atoms with E-state index in [1.54, 1.807) is 6.07 Å². The Bertz CT molecular complexity index is 713. The summed E-state index contributed by atoms with van der Waals surface area (Å²) in [6.07, 6.45) is 0.742. The zero-order valence-corrected chi connectivity index (χ0v) is 11.9. The molecule has 0 atom stereocenters. The van der Waals surface area contributed by atoms with E-state index in [4.69, 9.17) is 0 Å². The molecule has 0 aromatic heterocycles. The van der Waals surface area contributed by atoms with Gasteiger partial charge in [0.2, 0.25) is 5.91 Å². The van der Waals surface area contributed by atoms with Crippen LogP contribution in [0.25, 0.3) is 0 Å². The van der Waals surface area contributed by atoms with E-state index in [0.717, 1.165) is 12.0 Å². The van der Waals surface area contributed by atoms with E-state index >= 15 is 0 Å². The smallest absolute Gasteiger partial charge is 0.254 e. The number of anilines is 1. The van der Waals surface area contributed by atoms with E-state index in [9.17, 15) is 14.0 Å². The number of halogens is 1. The van der Waals surface area contributed by atoms with Gasteiger partial charge in [0.25, 0.3) is 5.91 Å². The van der Waals surface area contributed by atoms with Gasteiger partial charge in [-0.3, -0.25) is 9.59 Å². The lowest BCUT2D eigenvalue weighted by Gasteiger charge is -2.27. The van der Waals surface area contributed by atoms with Crippen molar-refractivity contribution in [3.63, 3.8) is 0 Å².